The Hall–Kier alpha value is -3.53. The van der Waals surface area contributed by atoms with Crippen LogP contribution in [0.15, 0.2) is 83.5 Å². The maximum atomic E-state index is 11.6. The zero-order chi connectivity index (χ0) is 17.2. The van der Waals surface area contributed by atoms with Gasteiger partial charge in [0.1, 0.15) is 5.58 Å². The molecule has 4 heteroatoms. The standard InChI is InChI=1S/C21H15NO3/c23-21(24)18-8-6-15(14-4-2-1-3-5-14)13-19(18)22-17-7-9-20-16(12-17)10-11-25-20/h1-13,22H,(H,23,24). The van der Waals surface area contributed by atoms with Crippen molar-refractivity contribution in [3.63, 3.8) is 0 Å². The van der Waals surface area contributed by atoms with Crippen LogP contribution in [-0.4, -0.2) is 11.1 Å². The van der Waals surface area contributed by atoms with E-state index in [0.717, 1.165) is 27.8 Å². The number of hydrogen-bond donors (Lipinski definition) is 2. The molecule has 1 heterocycles. The summed E-state index contributed by atoms with van der Waals surface area (Å²) in [5.41, 5.74) is 4.37. The normalized spacial score (nSPS) is 10.7. The molecule has 0 saturated carbocycles. The molecule has 0 aliphatic carbocycles. The molecular weight excluding hydrogens is 314 g/mol. The molecule has 0 atom stereocenters. The molecule has 0 aliphatic rings. The van der Waals surface area contributed by atoms with Crippen LogP contribution in [0.2, 0.25) is 0 Å². The minimum atomic E-state index is -0.966. The van der Waals surface area contributed by atoms with Gasteiger partial charge in [0.05, 0.1) is 17.5 Å². The van der Waals surface area contributed by atoms with Gasteiger partial charge in [0, 0.05) is 11.1 Å². The van der Waals surface area contributed by atoms with E-state index in [0.29, 0.717) is 5.69 Å². The number of hydrogen-bond acceptors (Lipinski definition) is 3. The number of anilines is 2. The predicted molar refractivity (Wildman–Crippen MR) is 98.3 cm³/mol. The second-order valence-corrected chi connectivity index (χ2v) is 5.73. The number of carboxylic acids is 1. The molecule has 25 heavy (non-hydrogen) atoms. The maximum absolute atomic E-state index is 11.6. The Morgan fingerprint density at radius 1 is 0.880 bits per heavy atom. The quantitative estimate of drug-likeness (QED) is 0.516. The Morgan fingerprint density at radius 3 is 2.52 bits per heavy atom. The van der Waals surface area contributed by atoms with Crippen molar-refractivity contribution in [1.82, 2.24) is 0 Å². The Balaban J connectivity index is 1.76. The van der Waals surface area contributed by atoms with E-state index in [1.165, 1.54) is 0 Å². The molecule has 0 fully saturated rings. The fourth-order valence-electron chi connectivity index (χ4n) is 2.84. The molecule has 0 saturated heterocycles. The minimum absolute atomic E-state index is 0.229. The van der Waals surface area contributed by atoms with Gasteiger partial charge in [-0.15, -0.1) is 0 Å². The average Bonchev–Trinajstić information content (AvgIpc) is 3.10. The fraction of sp³-hybridized carbons (Fsp3) is 0. The van der Waals surface area contributed by atoms with Gasteiger partial charge in [0.2, 0.25) is 0 Å². The number of benzene rings is 3. The highest BCUT2D eigenvalue weighted by molar-refractivity contribution is 5.97. The van der Waals surface area contributed by atoms with Crippen molar-refractivity contribution in [1.29, 1.82) is 0 Å². The van der Waals surface area contributed by atoms with Crippen LogP contribution < -0.4 is 5.32 Å². The second kappa shape index (κ2) is 6.17. The molecule has 0 radical (unpaired) electrons. The lowest BCUT2D eigenvalue weighted by molar-refractivity contribution is 0.0698. The van der Waals surface area contributed by atoms with E-state index >= 15 is 0 Å². The van der Waals surface area contributed by atoms with Gasteiger partial charge in [-0.25, -0.2) is 4.79 Å². The van der Waals surface area contributed by atoms with Crippen LogP contribution in [0.25, 0.3) is 22.1 Å². The average molecular weight is 329 g/mol. The van der Waals surface area contributed by atoms with Crippen LogP contribution in [0, 0.1) is 0 Å². The van der Waals surface area contributed by atoms with Crippen molar-refractivity contribution in [3.05, 3.63) is 84.6 Å². The van der Waals surface area contributed by atoms with E-state index in [1.807, 2.05) is 66.7 Å². The lowest BCUT2D eigenvalue weighted by Gasteiger charge is -2.12. The minimum Gasteiger partial charge on any atom is -0.478 e. The Bertz CT molecular complexity index is 1050. The summed E-state index contributed by atoms with van der Waals surface area (Å²) in [4.78, 5) is 11.6. The van der Waals surface area contributed by atoms with E-state index < -0.39 is 5.97 Å². The lowest BCUT2D eigenvalue weighted by atomic mass is 10.0. The number of furan rings is 1. The summed E-state index contributed by atoms with van der Waals surface area (Å²) in [6, 6.07) is 22.7. The third kappa shape index (κ3) is 2.97. The highest BCUT2D eigenvalue weighted by atomic mass is 16.4. The van der Waals surface area contributed by atoms with Gasteiger partial charge in [0.25, 0.3) is 0 Å². The summed E-state index contributed by atoms with van der Waals surface area (Å²) in [6.45, 7) is 0. The van der Waals surface area contributed by atoms with Crippen molar-refractivity contribution >= 4 is 28.3 Å². The molecular formula is C21H15NO3. The number of carbonyl (C=O) groups is 1. The molecule has 4 nitrogen and oxygen atoms in total. The van der Waals surface area contributed by atoms with Gasteiger partial charge in [0.15, 0.2) is 0 Å². The Kier molecular flexibility index (Phi) is 3.71. The molecule has 0 bridgehead atoms. The van der Waals surface area contributed by atoms with Crippen LogP contribution in [0.3, 0.4) is 0 Å². The highest BCUT2D eigenvalue weighted by Crippen LogP contribution is 2.29. The number of carboxylic acid groups (broad SMARTS) is 1. The van der Waals surface area contributed by atoms with Crippen molar-refractivity contribution in [3.8, 4) is 11.1 Å². The van der Waals surface area contributed by atoms with Crippen LogP contribution in [0.5, 0.6) is 0 Å². The molecule has 2 N–H and O–H groups in total. The Morgan fingerprint density at radius 2 is 1.72 bits per heavy atom. The molecule has 0 aliphatic heterocycles. The SMILES string of the molecule is O=C(O)c1ccc(-c2ccccc2)cc1Nc1ccc2occc2c1. The zero-order valence-electron chi connectivity index (χ0n) is 13.3. The number of aromatic carboxylic acids is 1. The van der Waals surface area contributed by atoms with Crippen LogP contribution in [0.4, 0.5) is 11.4 Å². The number of nitrogens with one attached hydrogen (secondary N) is 1. The molecule has 3 aromatic carbocycles. The molecule has 1 aromatic heterocycles. The highest BCUT2D eigenvalue weighted by Gasteiger charge is 2.12. The zero-order valence-corrected chi connectivity index (χ0v) is 13.3. The third-order valence-corrected chi connectivity index (χ3v) is 4.09. The van der Waals surface area contributed by atoms with E-state index in [1.54, 1.807) is 12.3 Å². The van der Waals surface area contributed by atoms with Crippen LogP contribution >= 0.6 is 0 Å². The van der Waals surface area contributed by atoms with Gasteiger partial charge in [-0.3, -0.25) is 0 Å². The Labute approximate surface area is 144 Å². The van der Waals surface area contributed by atoms with Crippen molar-refractivity contribution in [2.75, 3.05) is 5.32 Å². The largest absolute Gasteiger partial charge is 0.478 e. The van der Waals surface area contributed by atoms with E-state index in [2.05, 4.69) is 5.32 Å². The van der Waals surface area contributed by atoms with Crippen LogP contribution in [0.1, 0.15) is 10.4 Å². The second-order valence-electron chi connectivity index (χ2n) is 5.73. The predicted octanol–water partition coefficient (Wildman–Crippen LogP) is 5.54. The molecule has 0 amide bonds. The first-order chi connectivity index (χ1) is 12.2. The summed E-state index contributed by atoms with van der Waals surface area (Å²) in [6.07, 6.45) is 1.63. The van der Waals surface area contributed by atoms with Gasteiger partial charge in [-0.1, -0.05) is 36.4 Å². The van der Waals surface area contributed by atoms with Gasteiger partial charge < -0.3 is 14.8 Å². The van der Waals surface area contributed by atoms with Gasteiger partial charge in [-0.05, 0) is 47.5 Å². The molecule has 122 valence electrons. The van der Waals surface area contributed by atoms with Crippen molar-refractivity contribution in [2.45, 2.75) is 0 Å². The molecule has 0 spiro atoms. The first kappa shape index (κ1) is 15.0. The monoisotopic (exact) mass is 329 g/mol. The van der Waals surface area contributed by atoms with Crippen molar-refractivity contribution < 1.29 is 14.3 Å². The summed E-state index contributed by atoms with van der Waals surface area (Å²) in [7, 11) is 0. The summed E-state index contributed by atoms with van der Waals surface area (Å²) < 4.78 is 5.34. The van der Waals surface area contributed by atoms with Gasteiger partial charge in [-0.2, -0.15) is 0 Å². The van der Waals surface area contributed by atoms with Crippen molar-refractivity contribution in [2.24, 2.45) is 0 Å². The smallest absolute Gasteiger partial charge is 0.337 e. The summed E-state index contributed by atoms with van der Waals surface area (Å²) in [5.74, 6) is -0.966. The topological polar surface area (TPSA) is 62.5 Å². The molecule has 0 unspecified atom stereocenters. The first-order valence-corrected chi connectivity index (χ1v) is 7.88. The molecule has 4 rings (SSSR count). The van der Waals surface area contributed by atoms with E-state index in [4.69, 9.17) is 4.42 Å². The summed E-state index contributed by atoms with van der Waals surface area (Å²) in [5, 5.41) is 13.7. The van der Waals surface area contributed by atoms with Gasteiger partial charge >= 0.3 is 5.97 Å². The van der Waals surface area contributed by atoms with E-state index in [-0.39, 0.29) is 5.56 Å². The lowest BCUT2D eigenvalue weighted by Crippen LogP contribution is -2.03. The maximum Gasteiger partial charge on any atom is 0.337 e. The third-order valence-electron chi connectivity index (χ3n) is 4.09. The first-order valence-electron chi connectivity index (χ1n) is 7.88. The number of rotatable bonds is 4. The van der Waals surface area contributed by atoms with E-state index in [9.17, 15) is 9.90 Å². The molecule has 4 aromatic rings. The summed E-state index contributed by atoms with van der Waals surface area (Å²) >= 11 is 0. The number of fused-ring (bicyclic) bond motifs is 1. The fourth-order valence-corrected chi connectivity index (χ4v) is 2.84. The van der Waals surface area contributed by atoms with Crippen LogP contribution in [-0.2, 0) is 0 Å².